The van der Waals surface area contributed by atoms with Gasteiger partial charge in [-0.3, -0.25) is 5.43 Å². The summed E-state index contributed by atoms with van der Waals surface area (Å²) < 4.78 is 0. The molecule has 0 aromatic carbocycles. The van der Waals surface area contributed by atoms with Crippen LogP contribution in [0.4, 0.5) is 0 Å². The fourth-order valence-electron chi connectivity index (χ4n) is 0. The van der Waals surface area contributed by atoms with Crippen molar-refractivity contribution < 1.29 is 0 Å². The molecule has 4 heavy (non-hydrogen) atoms. The Morgan fingerprint density at radius 3 is 2.25 bits per heavy atom. The third kappa shape index (κ3) is 1.40. The molecule has 0 atom stereocenters. The maximum atomic E-state index is 5.97. The largest absolute Gasteiger partial charge is 0.295 e. The van der Waals surface area contributed by atoms with Crippen LogP contribution >= 0.6 is 0 Å². The number of hydrogen-bond donors (Lipinski definition) is 2. The molecule has 0 aromatic rings. The van der Waals surface area contributed by atoms with Gasteiger partial charge in [0.15, 0.2) is 0 Å². The molecule has 0 aliphatic heterocycles. The van der Waals surface area contributed by atoms with Crippen LogP contribution in [0.5, 0.6) is 0 Å². The molecule has 0 spiro atoms. The molecule has 0 aliphatic carbocycles. The van der Waals surface area contributed by atoms with Crippen molar-refractivity contribution in [1.29, 1.82) is 5.53 Å². The molecule has 0 bridgehead atoms. The summed E-state index contributed by atoms with van der Waals surface area (Å²) in [5.74, 6) is 0. The minimum absolute atomic E-state index is 1.58. The molecular weight excluding hydrogens is 54.0 g/mol. The lowest BCUT2D eigenvalue weighted by Gasteiger charge is -1.68. The highest BCUT2D eigenvalue weighted by molar-refractivity contribution is 3.88. The van der Waals surface area contributed by atoms with Gasteiger partial charge in [0.1, 0.15) is 0 Å². The van der Waals surface area contributed by atoms with Crippen LogP contribution in [-0.4, -0.2) is 7.05 Å². The standard InChI is InChI=1S/CH5N3/c1-3-4-2/h1H3,(H2,2,3). The Morgan fingerprint density at radius 1 is 2.00 bits per heavy atom. The van der Waals surface area contributed by atoms with E-state index in [0.29, 0.717) is 0 Å². The van der Waals surface area contributed by atoms with Crippen LogP contribution in [0.3, 0.4) is 0 Å². The molecule has 0 aliphatic rings. The van der Waals surface area contributed by atoms with Gasteiger partial charge >= 0.3 is 0 Å². The number of nitrogens with zero attached hydrogens (tertiary/aromatic N) is 1. The van der Waals surface area contributed by atoms with E-state index in [0.717, 1.165) is 0 Å². The fraction of sp³-hybridized carbons (Fsp3) is 1.00. The van der Waals surface area contributed by atoms with E-state index in [9.17, 15) is 0 Å². The van der Waals surface area contributed by atoms with Crippen LogP contribution in [0.2, 0.25) is 0 Å². The van der Waals surface area contributed by atoms with E-state index in [2.05, 4.69) is 10.6 Å². The molecular formula is CH5N3. The Bertz CT molecular complexity index is 17.2. The summed E-state index contributed by atoms with van der Waals surface area (Å²) in [6, 6.07) is 0. The van der Waals surface area contributed by atoms with Crippen molar-refractivity contribution >= 4 is 0 Å². The molecule has 2 N–H and O–H groups in total. The van der Waals surface area contributed by atoms with E-state index in [1.165, 1.54) is 0 Å². The van der Waals surface area contributed by atoms with Crippen molar-refractivity contribution in [2.24, 2.45) is 5.22 Å². The average molecular weight is 59.1 g/mol. The van der Waals surface area contributed by atoms with Crippen LogP contribution < -0.4 is 5.43 Å². The van der Waals surface area contributed by atoms with Crippen LogP contribution in [-0.2, 0) is 0 Å². The van der Waals surface area contributed by atoms with Gasteiger partial charge in [0.05, 0.1) is 0 Å². The van der Waals surface area contributed by atoms with E-state index in [-0.39, 0.29) is 0 Å². The topological polar surface area (TPSA) is 48.2 Å². The molecule has 0 heterocycles. The molecule has 0 amide bonds. The molecule has 0 saturated carbocycles. The van der Waals surface area contributed by atoms with Crippen molar-refractivity contribution in [3.63, 3.8) is 0 Å². The minimum atomic E-state index is 1.58. The average Bonchev–Trinajstić information content (AvgIpc) is 1.37. The second-order valence-electron chi connectivity index (χ2n) is 0.335. The Labute approximate surface area is 24.5 Å². The monoisotopic (exact) mass is 59.0 g/mol. The van der Waals surface area contributed by atoms with Gasteiger partial charge in [0.2, 0.25) is 0 Å². The Balaban J connectivity index is 2.30. The number of nitrogens with one attached hydrogen (secondary N) is 2. The van der Waals surface area contributed by atoms with Gasteiger partial charge in [-0.15, -0.1) is 0 Å². The highest BCUT2D eigenvalue weighted by atomic mass is 15.3. The summed E-state index contributed by atoms with van der Waals surface area (Å²) in [6.45, 7) is 0. The van der Waals surface area contributed by atoms with E-state index < -0.39 is 0 Å². The maximum absolute atomic E-state index is 5.97. The zero-order valence-electron chi connectivity index (χ0n) is 2.45. The lowest BCUT2D eigenvalue weighted by molar-refractivity contribution is 0.783. The summed E-state index contributed by atoms with van der Waals surface area (Å²) in [5.41, 5.74) is 8.19. The van der Waals surface area contributed by atoms with E-state index in [4.69, 9.17) is 5.53 Å². The quantitative estimate of drug-likeness (QED) is 0.328. The second kappa shape index (κ2) is 2.40. The first-order valence-electron chi connectivity index (χ1n) is 0.947. The summed E-state index contributed by atoms with van der Waals surface area (Å²) in [5, 5.41) is 2.74. The predicted octanol–water partition coefficient (Wildman–Crippen LogP) is 0.152. The normalized spacial score (nSPS) is 5.25. The molecule has 0 saturated heterocycles. The first kappa shape index (κ1) is 3.40. The van der Waals surface area contributed by atoms with Gasteiger partial charge in [-0.25, -0.2) is 0 Å². The number of rotatable bonds is 1. The molecule has 24 valence electrons. The Kier molecular flexibility index (Phi) is 2.04. The van der Waals surface area contributed by atoms with Crippen LogP contribution in [0.15, 0.2) is 5.22 Å². The second-order valence-corrected chi connectivity index (χ2v) is 0.335. The zero-order chi connectivity index (χ0) is 3.41. The van der Waals surface area contributed by atoms with Gasteiger partial charge in [0.25, 0.3) is 0 Å². The zero-order valence-corrected chi connectivity index (χ0v) is 2.45. The van der Waals surface area contributed by atoms with Gasteiger partial charge in [-0.2, -0.15) is 5.53 Å². The molecule has 3 nitrogen and oxygen atoms in total. The molecule has 0 radical (unpaired) electrons. The Morgan fingerprint density at radius 2 is 2.25 bits per heavy atom. The van der Waals surface area contributed by atoms with Crippen molar-refractivity contribution in [3.8, 4) is 0 Å². The first-order chi connectivity index (χ1) is 1.91. The molecule has 0 unspecified atom stereocenters. The summed E-state index contributed by atoms with van der Waals surface area (Å²) >= 11 is 0. The predicted molar refractivity (Wildman–Crippen MR) is 14.2 cm³/mol. The van der Waals surface area contributed by atoms with Gasteiger partial charge < -0.3 is 0 Å². The lowest BCUT2D eigenvalue weighted by Crippen LogP contribution is -1.87. The van der Waals surface area contributed by atoms with E-state index >= 15 is 0 Å². The smallest absolute Gasteiger partial charge is 0.0234 e. The molecule has 0 aromatic heterocycles. The summed E-state index contributed by atoms with van der Waals surface area (Å²) in [7, 11) is 1.58. The van der Waals surface area contributed by atoms with E-state index in [1.54, 1.807) is 7.05 Å². The fourth-order valence-corrected chi connectivity index (χ4v) is 0. The SMILES string of the molecule is CNN=N. The van der Waals surface area contributed by atoms with Crippen molar-refractivity contribution in [2.75, 3.05) is 7.05 Å². The van der Waals surface area contributed by atoms with Crippen molar-refractivity contribution in [2.45, 2.75) is 0 Å². The third-order valence-corrected chi connectivity index (χ3v) is 0.112. The van der Waals surface area contributed by atoms with Crippen LogP contribution in [0.1, 0.15) is 0 Å². The van der Waals surface area contributed by atoms with E-state index in [1.807, 2.05) is 0 Å². The molecule has 3 heteroatoms. The minimum Gasteiger partial charge on any atom is -0.295 e. The van der Waals surface area contributed by atoms with Gasteiger partial charge in [-0.1, -0.05) is 5.22 Å². The highest BCUT2D eigenvalue weighted by Gasteiger charge is 1.36. The lowest BCUT2D eigenvalue weighted by atomic mass is 11.5. The summed E-state index contributed by atoms with van der Waals surface area (Å²) in [4.78, 5) is 0. The maximum Gasteiger partial charge on any atom is 0.0234 e. The van der Waals surface area contributed by atoms with Crippen LogP contribution in [0.25, 0.3) is 0 Å². The van der Waals surface area contributed by atoms with Crippen molar-refractivity contribution in [1.82, 2.24) is 5.43 Å². The van der Waals surface area contributed by atoms with Gasteiger partial charge in [-0.05, 0) is 0 Å². The highest BCUT2D eigenvalue weighted by Crippen LogP contribution is 1.32. The Hall–Kier alpha value is -0.600. The first-order valence-corrected chi connectivity index (χ1v) is 0.947. The number of hydrogen-bond acceptors (Lipinski definition) is 2. The van der Waals surface area contributed by atoms with Crippen LogP contribution in [0, 0.1) is 5.53 Å². The van der Waals surface area contributed by atoms with Crippen molar-refractivity contribution in [3.05, 3.63) is 0 Å². The summed E-state index contributed by atoms with van der Waals surface area (Å²) in [6.07, 6.45) is 0. The molecule has 0 rings (SSSR count). The van der Waals surface area contributed by atoms with Gasteiger partial charge in [0, 0.05) is 7.05 Å². The molecule has 0 fully saturated rings. The third-order valence-electron chi connectivity index (χ3n) is 0.112.